The molecule has 146 valence electrons. The van der Waals surface area contributed by atoms with Crippen molar-refractivity contribution < 1.29 is 19.1 Å². The van der Waals surface area contributed by atoms with Gasteiger partial charge < -0.3 is 14.8 Å². The van der Waals surface area contributed by atoms with Gasteiger partial charge in [0.1, 0.15) is 22.4 Å². The normalized spacial score (nSPS) is 10.9. The molecular formula is C20H19BrN2O4S. The lowest BCUT2D eigenvalue weighted by Gasteiger charge is -2.07. The van der Waals surface area contributed by atoms with Crippen molar-refractivity contribution >= 4 is 50.2 Å². The highest BCUT2D eigenvalue weighted by atomic mass is 79.9. The Kier molecular flexibility index (Phi) is 7.38. The molecule has 0 aliphatic heterocycles. The molecule has 1 N–H and O–H groups in total. The third kappa shape index (κ3) is 4.80. The summed E-state index contributed by atoms with van der Waals surface area (Å²) in [6.45, 7) is 5.60. The molecule has 1 heterocycles. The number of nitrogens with zero attached hydrogens (tertiary/aromatic N) is 1. The minimum Gasteiger partial charge on any atom is -0.496 e. The largest absolute Gasteiger partial charge is 0.496 e. The number of anilines is 1. The van der Waals surface area contributed by atoms with Gasteiger partial charge in [-0.15, -0.1) is 11.3 Å². The topological polar surface area (TPSA) is 88.4 Å². The molecule has 0 unspecified atom stereocenters. The van der Waals surface area contributed by atoms with E-state index in [2.05, 4.69) is 21.2 Å². The lowest BCUT2D eigenvalue weighted by Crippen LogP contribution is -2.16. The molecule has 0 radical (unpaired) electrons. The van der Waals surface area contributed by atoms with Crippen molar-refractivity contribution in [2.45, 2.75) is 20.8 Å². The first-order valence-electron chi connectivity index (χ1n) is 8.36. The van der Waals surface area contributed by atoms with Crippen LogP contribution in [0, 0.1) is 25.2 Å². The molecule has 0 atom stereocenters. The van der Waals surface area contributed by atoms with Crippen LogP contribution in [0.2, 0.25) is 0 Å². The summed E-state index contributed by atoms with van der Waals surface area (Å²) < 4.78 is 11.0. The number of hydrogen-bond donors (Lipinski definition) is 1. The molecule has 2 aromatic rings. The number of nitriles is 1. The van der Waals surface area contributed by atoms with E-state index in [4.69, 9.17) is 9.47 Å². The fraction of sp³-hybridized carbons (Fsp3) is 0.250. The van der Waals surface area contributed by atoms with Crippen LogP contribution in [0.1, 0.15) is 33.3 Å². The molecule has 0 saturated heterocycles. The third-order valence-electron chi connectivity index (χ3n) is 3.94. The van der Waals surface area contributed by atoms with Crippen molar-refractivity contribution in [3.8, 4) is 11.8 Å². The molecule has 8 heteroatoms. The Morgan fingerprint density at radius 1 is 1.36 bits per heavy atom. The van der Waals surface area contributed by atoms with E-state index in [-0.39, 0.29) is 12.2 Å². The molecule has 2 rings (SSSR count). The van der Waals surface area contributed by atoms with Crippen LogP contribution in [0.3, 0.4) is 0 Å². The first-order chi connectivity index (χ1) is 13.3. The number of methoxy groups -OCH3 is 1. The van der Waals surface area contributed by atoms with Crippen LogP contribution >= 0.6 is 27.3 Å². The molecule has 0 saturated carbocycles. The number of esters is 1. The zero-order valence-electron chi connectivity index (χ0n) is 15.9. The average Bonchev–Trinajstić information content (AvgIpc) is 2.93. The Bertz CT molecular complexity index is 989. The fourth-order valence-electron chi connectivity index (χ4n) is 2.42. The summed E-state index contributed by atoms with van der Waals surface area (Å²) in [6, 6.07) is 7.11. The number of hydrogen-bond acceptors (Lipinski definition) is 6. The predicted molar refractivity (Wildman–Crippen MR) is 113 cm³/mol. The Balaban J connectivity index is 2.33. The van der Waals surface area contributed by atoms with Crippen LogP contribution in [0.15, 0.2) is 28.2 Å². The van der Waals surface area contributed by atoms with Crippen LogP contribution in [0.5, 0.6) is 5.75 Å². The Morgan fingerprint density at radius 2 is 2.07 bits per heavy atom. The number of benzene rings is 1. The molecule has 0 aliphatic rings. The van der Waals surface area contributed by atoms with E-state index in [0.717, 1.165) is 10.4 Å². The van der Waals surface area contributed by atoms with Crippen LogP contribution in [0.25, 0.3) is 6.08 Å². The highest BCUT2D eigenvalue weighted by Gasteiger charge is 2.23. The first kappa shape index (κ1) is 21.7. The van der Waals surface area contributed by atoms with Crippen molar-refractivity contribution in [1.29, 1.82) is 5.26 Å². The standard InChI is InChI=1S/C20H19BrN2O4S/c1-5-27-20(25)17-11(2)12(3)28-19(17)23-18(24)14(10-22)8-13-6-7-16(26-4)15(21)9-13/h6-9H,5H2,1-4H3,(H,23,24). The van der Waals surface area contributed by atoms with Crippen LogP contribution in [-0.4, -0.2) is 25.6 Å². The van der Waals surface area contributed by atoms with Crippen molar-refractivity contribution in [3.05, 3.63) is 49.8 Å². The maximum absolute atomic E-state index is 12.6. The summed E-state index contributed by atoms with van der Waals surface area (Å²) in [5.41, 5.74) is 1.64. The highest BCUT2D eigenvalue weighted by molar-refractivity contribution is 9.10. The summed E-state index contributed by atoms with van der Waals surface area (Å²) in [5.74, 6) is -0.453. The predicted octanol–water partition coefficient (Wildman–Crippen LogP) is 4.86. The number of aryl methyl sites for hydroxylation is 1. The van der Waals surface area contributed by atoms with Gasteiger partial charge in [0.25, 0.3) is 5.91 Å². The van der Waals surface area contributed by atoms with Gasteiger partial charge in [-0.3, -0.25) is 4.79 Å². The molecule has 0 bridgehead atoms. The number of thiophene rings is 1. The van der Waals surface area contributed by atoms with Crippen molar-refractivity contribution in [1.82, 2.24) is 0 Å². The van der Waals surface area contributed by atoms with Crippen LogP contribution < -0.4 is 10.1 Å². The monoisotopic (exact) mass is 462 g/mol. The molecular weight excluding hydrogens is 444 g/mol. The summed E-state index contributed by atoms with van der Waals surface area (Å²) >= 11 is 4.65. The fourth-order valence-corrected chi connectivity index (χ4v) is 4.02. The van der Waals surface area contributed by atoms with Crippen LogP contribution in [-0.2, 0) is 9.53 Å². The minimum absolute atomic E-state index is 0.0874. The number of rotatable bonds is 6. The number of halogens is 1. The Labute approximate surface area is 175 Å². The third-order valence-corrected chi connectivity index (χ3v) is 5.69. The number of amides is 1. The van der Waals surface area contributed by atoms with E-state index >= 15 is 0 Å². The zero-order valence-corrected chi connectivity index (χ0v) is 18.3. The highest BCUT2D eigenvalue weighted by Crippen LogP contribution is 2.33. The Hall–Kier alpha value is -2.63. The maximum Gasteiger partial charge on any atom is 0.341 e. The molecule has 6 nitrogen and oxygen atoms in total. The first-order valence-corrected chi connectivity index (χ1v) is 9.97. The van der Waals surface area contributed by atoms with Gasteiger partial charge >= 0.3 is 5.97 Å². The summed E-state index contributed by atoms with van der Waals surface area (Å²) in [7, 11) is 1.55. The van der Waals surface area contributed by atoms with Gasteiger partial charge in [-0.25, -0.2) is 4.79 Å². The molecule has 1 aromatic heterocycles. The van der Waals surface area contributed by atoms with E-state index in [1.54, 1.807) is 39.2 Å². The number of nitrogens with one attached hydrogen (secondary N) is 1. The number of carbonyl (C=O) groups excluding carboxylic acids is 2. The number of ether oxygens (including phenoxy) is 2. The summed E-state index contributed by atoms with van der Waals surface area (Å²) in [5, 5.41) is 12.5. The minimum atomic E-state index is -0.596. The second-order valence-electron chi connectivity index (χ2n) is 5.73. The van der Waals surface area contributed by atoms with Crippen molar-refractivity contribution in [3.63, 3.8) is 0 Å². The molecule has 1 amide bonds. The average molecular weight is 463 g/mol. The molecule has 1 aromatic carbocycles. The van der Waals surface area contributed by atoms with Crippen LogP contribution in [0.4, 0.5) is 5.00 Å². The second kappa shape index (κ2) is 9.53. The van der Waals surface area contributed by atoms with Gasteiger partial charge in [0.15, 0.2) is 0 Å². The molecule has 0 spiro atoms. The van der Waals surface area contributed by atoms with Gasteiger partial charge in [-0.2, -0.15) is 5.26 Å². The van der Waals surface area contributed by atoms with E-state index in [1.807, 2.05) is 13.0 Å². The van der Waals surface area contributed by atoms with Crippen molar-refractivity contribution in [2.24, 2.45) is 0 Å². The zero-order chi connectivity index (χ0) is 20.8. The SMILES string of the molecule is CCOC(=O)c1c(NC(=O)C(C#N)=Cc2ccc(OC)c(Br)c2)sc(C)c1C. The maximum atomic E-state index is 12.6. The van der Waals surface area contributed by atoms with E-state index in [9.17, 15) is 14.9 Å². The second-order valence-corrected chi connectivity index (χ2v) is 7.80. The Morgan fingerprint density at radius 3 is 2.64 bits per heavy atom. The quantitative estimate of drug-likeness (QED) is 0.376. The molecule has 0 aliphatic carbocycles. The van der Waals surface area contributed by atoms with Gasteiger partial charge in [0, 0.05) is 4.88 Å². The molecule has 0 fully saturated rings. The van der Waals surface area contributed by atoms with E-state index < -0.39 is 11.9 Å². The van der Waals surface area contributed by atoms with Gasteiger partial charge in [-0.05, 0) is 66.0 Å². The van der Waals surface area contributed by atoms with Gasteiger partial charge in [0.2, 0.25) is 0 Å². The number of carbonyl (C=O) groups is 2. The van der Waals surface area contributed by atoms with Gasteiger partial charge in [0.05, 0.1) is 23.8 Å². The molecule has 28 heavy (non-hydrogen) atoms. The summed E-state index contributed by atoms with van der Waals surface area (Å²) in [4.78, 5) is 25.8. The summed E-state index contributed by atoms with van der Waals surface area (Å²) in [6.07, 6.45) is 1.47. The lowest BCUT2D eigenvalue weighted by molar-refractivity contribution is -0.112. The van der Waals surface area contributed by atoms with E-state index in [1.165, 1.54) is 17.4 Å². The lowest BCUT2D eigenvalue weighted by atomic mass is 10.1. The van der Waals surface area contributed by atoms with Crippen molar-refractivity contribution in [2.75, 3.05) is 19.0 Å². The smallest absolute Gasteiger partial charge is 0.341 e. The van der Waals surface area contributed by atoms with E-state index in [0.29, 0.717) is 26.4 Å². The van der Waals surface area contributed by atoms with Gasteiger partial charge in [-0.1, -0.05) is 6.07 Å².